The van der Waals surface area contributed by atoms with Crippen LogP contribution in [0.2, 0.25) is 0 Å². The molecule has 0 saturated heterocycles. The number of halogens is 1. The third-order valence-corrected chi connectivity index (χ3v) is 3.60. The molecule has 0 spiro atoms. The zero-order valence-electron chi connectivity index (χ0n) is 12.5. The lowest BCUT2D eigenvalue weighted by Gasteiger charge is -2.18. The van der Waals surface area contributed by atoms with Crippen LogP contribution in [0.5, 0.6) is 11.5 Å². The molecule has 0 aliphatic carbocycles. The number of carboxylic acid groups (broad SMARTS) is 1. The van der Waals surface area contributed by atoms with Crippen LogP contribution in [-0.4, -0.2) is 23.8 Å². The van der Waals surface area contributed by atoms with Gasteiger partial charge in [-0.2, -0.15) is 0 Å². The van der Waals surface area contributed by atoms with Gasteiger partial charge in [-0.3, -0.25) is 9.59 Å². The Balaban J connectivity index is 1.85. The molecule has 2 aromatic rings. The molecule has 0 radical (unpaired) electrons. The van der Waals surface area contributed by atoms with E-state index in [0.717, 1.165) is 0 Å². The molecule has 2 aromatic carbocycles. The number of fused-ring (bicyclic) bond motifs is 1. The summed E-state index contributed by atoms with van der Waals surface area (Å²) < 4.78 is 24.2. The van der Waals surface area contributed by atoms with Gasteiger partial charge in [-0.1, -0.05) is 18.2 Å². The van der Waals surface area contributed by atoms with Gasteiger partial charge in [0, 0.05) is 0 Å². The molecule has 0 saturated carbocycles. The van der Waals surface area contributed by atoms with Crippen molar-refractivity contribution < 1.29 is 28.6 Å². The van der Waals surface area contributed by atoms with Crippen LogP contribution >= 0.6 is 0 Å². The number of nitrogens with one attached hydrogen (secondary N) is 1. The molecule has 1 heterocycles. The Morgan fingerprint density at radius 3 is 2.67 bits per heavy atom. The van der Waals surface area contributed by atoms with Crippen molar-refractivity contribution in [1.82, 2.24) is 5.32 Å². The minimum absolute atomic E-state index is 0.0873. The highest BCUT2D eigenvalue weighted by molar-refractivity contribution is 5.95. The van der Waals surface area contributed by atoms with E-state index in [4.69, 9.17) is 14.6 Å². The molecule has 3 rings (SSSR count). The van der Waals surface area contributed by atoms with E-state index in [9.17, 15) is 14.0 Å². The summed E-state index contributed by atoms with van der Waals surface area (Å²) in [5.74, 6) is -1.42. The molecular formula is C17H14FNO5. The molecule has 0 fully saturated rings. The van der Waals surface area contributed by atoms with Crippen LogP contribution in [0.4, 0.5) is 4.39 Å². The second-order valence-electron chi connectivity index (χ2n) is 5.22. The Morgan fingerprint density at radius 2 is 1.92 bits per heavy atom. The molecule has 0 bridgehead atoms. The molecule has 24 heavy (non-hydrogen) atoms. The maximum Gasteiger partial charge on any atom is 0.305 e. The highest BCUT2D eigenvalue weighted by atomic mass is 19.1. The van der Waals surface area contributed by atoms with E-state index >= 15 is 0 Å². The Hall–Kier alpha value is -3.09. The zero-order valence-corrected chi connectivity index (χ0v) is 12.5. The van der Waals surface area contributed by atoms with E-state index in [2.05, 4.69) is 5.32 Å². The van der Waals surface area contributed by atoms with Crippen molar-refractivity contribution in [3.8, 4) is 11.5 Å². The summed E-state index contributed by atoms with van der Waals surface area (Å²) in [6.07, 6.45) is -0.347. The number of aliphatic carboxylic acids is 1. The van der Waals surface area contributed by atoms with Crippen molar-refractivity contribution >= 4 is 11.9 Å². The number of ether oxygens (including phenoxy) is 2. The van der Waals surface area contributed by atoms with Gasteiger partial charge in [-0.15, -0.1) is 0 Å². The molecule has 124 valence electrons. The van der Waals surface area contributed by atoms with E-state index < -0.39 is 23.7 Å². The van der Waals surface area contributed by atoms with Crippen LogP contribution in [0.25, 0.3) is 0 Å². The summed E-state index contributed by atoms with van der Waals surface area (Å²) >= 11 is 0. The molecule has 1 atom stereocenters. The van der Waals surface area contributed by atoms with Gasteiger partial charge >= 0.3 is 5.97 Å². The fourth-order valence-electron chi connectivity index (χ4n) is 2.44. The van der Waals surface area contributed by atoms with Crippen molar-refractivity contribution in [3.05, 3.63) is 59.4 Å². The quantitative estimate of drug-likeness (QED) is 0.879. The number of benzene rings is 2. The molecule has 1 aliphatic heterocycles. The highest BCUT2D eigenvalue weighted by Gasteiger charge is 2.23. The lowest BCUT2D eigenvalue weighted by Crippen LogP contribution is -2.30. The second kappa shape index (κ2) is 6.57. The first-order valence-electron chi connectivity index (χ1n) is 7.21. The van der Waals surface area contributed by atoms with E-state index in [1.165, 1.54) is 24.3 Å². The van der Waals surface area contributed by atoms with Gasteiger partial charge in [0.05, 0.1) is 18.0 Å². The topological polar surface area (TPSA) is 84.9 Å². The van der Waals surface area contributed by atoms with Crippen LogP contribution in [0, 0.1) is 5.82 Å². The minimum atomic E-state index is -1.09. The fourth-order valence-corrected chi connectivity index (χ4v) is 2.44. The normalized spacial score (nSPS) is 13.4. The van der Waals surface area contributed by atoms with Crippen molar-refractivity contribution in [3.63, 3.8) is 0 Å². The smallest absolute Gasteiger partial charge is 0.305 e. The van der Waals surface area contributed by atoms with Crippen molar-refractivity contribution in [2.75, 3.05) is 6.79 Å². The Bertz CT molecular complexity index is 792. The van der Waals surface area contributed by atoms with Gasteiger partial charge in [0.1, 0.15) is 5.82 Å². The average Bonchev–Trinajstić information content (AvgIpc) is 3.01. The number of hydrogen-bond donors (Lipinski definition) is 2. The van der Waals surface area contributed by atoms with E-state index in [-0.39, 0.29) is 18.8 Å². The lowest BCUT2D eigenvalue weighted by atomic mass is 10.0. The van der Waals surface area contributed by atoms with Crippen LogP contribution in [0.1, 0.15) is 28.4 Å². The van der Waals surface area contributed by atoms with Crippen LogP contribution < -0.4 is 14.8 Å². The second-order valence-corrected chi connectivity index (χ2v) is 5.22. The van der Waals surface area contributed by atoms with Gasteiger partial charge in [0.25, 0.3) is 5.91 Å². The predicted octanol–water partition coefficient (Wildman–Crippen LogP) is 2.50. The molecule has 6 nitrogen and oxygen atoms in total. The van der Waals surface area contributed by atoms with E-state index in [1.807, 2.05) is 0 Å². The molecular weight excluding hydrogens is 317 g/mol. The summed E-state index contributed by atoms with van der Waals surface area (Å²) in [6, 6.07) is 9.57. The van der Waals surface area contributed by atoms with Crippen LogP contribution in [-0.2, 0) is 4.79 Å². The van der Waals surface area contributed by atoms with Gasteiger partial charge in [0.2, 0.25) is 6.79 Å². The molecule has 7 heteroatoms. The van der Waals surface area contributed by atoms with E-state index in [0.29, 0.717) is 17.1 Å². The number of carboxylic acids is 1. The first kappa shape index (κ1) is 15.8. The predicted molar refractivity (Wildman–Crippen MR) is 81.4 cm³/mol. The minimum Gasteiger partial charge on any atom is -0.481 e. The monoisotopic (exact) mass is 331 g/mol. The van der Waals surface area contributed by atoms with Crippen molar-refractivity contribution in [2.24, 2.45) is 0 Å². The Morgan fingerprint density at radius 1 is 1.17 bits per heavy atom. The summed E-state index contributed by atoms with van der Waals surface area (Å²) in [5, 5.41) is 11.7. The van der Waals surface area contributed by atoms with E-state index in [1.54, 1.807) is 18.2 Å². The number of hydrogen-bond acceptors (Lipinski definition) is 4. The highest BCUT2D eigenvalue weighted by Crippen LogP contribution is 2.34. The maximum atomic E-state index is 13.7. The Kier molecular flexibility index (Phi) is 4.33. The average molecular weight is 331 g/mol. The Labute approximate surface area is 136 Å². The SMILES string of the molecule is O=C(O)CC(NC(=O)c1ccccc1F)c1ccc2c(c1)OCO2. The van der Waals surface area contributed by atoms with Gasteiger partial charge < -0.3 is 19.9 Å². The van der Waals surface area contributed by atoms with Gasteiger partial charge in [0.15, 0.2) is 11.5 Å². The van der Waals surface area contributed by atoms with Crippen LogP contribution in [0.15, 0.2) is 42.5 Å². The van der Waals surface area contributed by atoms with Crippen molar-refractivity contribution in [2.45, 2.75) is 12.5 Å². The molecule has 0 aromatic heterocycles. The fraction of sp³-hybridized carbons (Fsp3) is 0.176. The third-order valence-electron chi connectivity index (χ3n) is 3.60. The summed E-state index contributed by atoms with van der Waals surface area (Å²) in [7, 11) is 0. The first-order chi connectivity index (χ1) is 11.5. The number of rotatable bonds is 5. The standard InChI is InChI=1S/C17H14FNO5/c18-12-4-2-1-3-11(12)17(22)19-13(8-16(20)21)10-5-6-14-15(7-10)24-9-23-14/h1-7,13H,8-9H2,(H,19,22)(H,20,21). The molecule has 1 unspecified atom stereocenters. The summed E-state index contributed by atoms with van der Waals surface area (Å²) in [6.45, 7) is 0.0873. The maximum absolute atomic E-state index is 13.7. The third kappa shape index (κ3) is 3.29. The first-order valence-corrected chi connectivity index (χ1v) is 7.21. The summed E-state index contributed by atoms with van der Waals surface area (Å²) in [5.41, 5.74) is 0.389. The lowest BCUT2D eigenvalue weighted by molar-refractivity contribution is -0.137. The number of carbonyl (C=O) groups is 2. The van der Waals surface area contributed by atoms with Gasteiger partial charge in [-0.25, -0.2) is 4.39 Å². The van der Waals surface area contributed by atoms with Crippen LogP contribution in [0.3, 0.4) is 0 Å². The van der Waals surface area contributed by atoms with Crippen molar-refractivity contribution in [1.29, 1.82) is 0 Å². The summed E-state index contributed by atoms with van der Waals surface area (Å²) in [4.78, 5) is 23.4. The number of carbonyl (C=O) groups excluding carboxylic acids is 1. The molecule has 1 amide bonds. The number of amides is 1. The molecule has 1 aliphatic rings. The largest absolute Gasteiger partial charge is 0.481 e. The molecule has 2 N–H and O–H groups in total. The zero-order chi connectivity index (χ0) is 17.1. The van der Waals surface area contributed by atoms with Gasteiger partial charge in [-0.05, 0) is 29.8 Å².